The lowest BCUT2D eigenvalue weighted by atomic mass is 10.2. The zero-order valence-corrected chi connectivity index (χ0v) is 14.6. The molecule has 0 radical (unpaired) electrons. The Hall–Kier alpha value is -0.170. The van der Waals surface area contributed by atoms with Crippen molar-refractivity contribution >= 4 is 10.0 Å². The molecule has 0 saturated carbocycles. The van der Waals surface area contributed by atoms with E-state index in [1.807, 2.05) is 20.8 Å². The highest BCUT2D eigenvalue weighted by atomic mass is 32.2. The molecule has 0 heterocycles. The first kappa shape index (κ1) is 19.8. The first-order valence-corrected chi connectivity index (χ1v) is 9.41. The summed E-state index contributed by atoms with van der Waals surface area (Å²) in [7, 11) is -3.16. The minimum absolute atomic E-state index is 0.00890. The normalized spacial score (nSPS) is 14.2. The van der Waals surface area contributed by atoms with Gasteiger partial charge in [0.25, 0.3) is 0 Å². The van der Waals surface area contributed by atoms with Crippen LogP contribution in [0.25, 0.3) is 0 Å². The minimum atomic E-state index is -3.16. The van der Waals surface area contributed by atoms with Crippen molar-refractivity contribution < 1.29 is 8.42 Å². The van der Waals surface area contributed by atoms with Crippen LogP contribution >= 0.6 is 0 Å². The zero-order chi connectivity index (χ0) is 15.6. The number of sulfonamides is 1. The van der Waals surface area contributed by atoms with Gasteiger partial charge in [0.15, 0.2) is 0 Å². The van der Waals surface area contributed by atoms with Crippen LogP contribution in [0.1, 0.15) is 47.5 Å². The highest BCUT2D eigenvalue weighted by Crippen LogP contribution is 2.01. The Bertz CT molecular complexity index is 327. The first-order chi connectivity index (χ1) is 9.30. The fourth-order valence-electron chi connectivity index (χ4n) is 2.07. The molecule has 0 aliphatic carbocycles. The third-order valence-electron chi connectivity index (χ3n) is 3.31. The van der Waals surface area contributed by atoms with Gasteiger partial charge in [-0.3, -0.25) is 0 Å². The Kier molecular flexibility index (Phi) is 10.5. The molecule has 0 aromatic rings. The maximum Gasteiger partial charge on any atom is 0.213 e. The van der Waals surface area contributed by atoms with Crippen LogP contribution in [0.3, 0.4) is 0 Å². The summed E-state index contributed by atoms with van der Waals surface area (Å²) in [5, 5.41) is 3.12. The van der Waals surface area contributed by atoms with Gasteiger partial charge in [-0.05, 0) is 39.4 Å². The standard InChI is InChI=1S/C14H33N3O2S/c1-6-17(7-2)11-8-9-14(5)16-20(18,19)12-10-15-13(3)4/h13-16H,6-12H2,1-5H3. The van der Waals surface area contributed by atoms with E-state index in [0.717, 1.165) is 32.5 Å². The number of rotatable bonds is 12. The molecule has 5 nitrogen and oxygen atoms in total. The van der Waals surface area contributed by atoms with Crippen molar-refractivity contribution in [2.24, 2.45) is 0 Å². The van der Waals surface area contributed by atoms with Gasteiger partial charge >= 0.3 is 0 Å². The zero-order valence-electron chi connectivity index (χ0n) is 13.8. The van der Waals surface area contributed by atoms with E-state index >= 15 is 0 Å². The van der Waals surface area contributed by atoms with Gasteiger partial charge in [0.1, 0.15) is 0 Å². The van der Waals surface area contributed by atoms with Crippen LogP contribution in [0, 0.1) is 0 Å². The summed E-state index contributed by atoms with van der Waals surface area (Å²) in [4.78, 5) is 2.35. The van der Waals surface area contributed by atoms with Gasteiger partial charge in [0.2, 0.25) is 10.0 Å². The number of hydrogen-bond acceptors (Lipinski definition) is 4. The predicted octanol–water partition coefficient (Wildman–Crippen LogP) is 1.41. The number of nitrogens with one attached hydrogen (secondary N) is 2. The minimum Gasteiger partial charge on any atom is -0.313 e. The topological polar surface area (TPSA) is 61.4 Å². The monoisotopic (exact) mass is 307 g/mol. The second kappa shape index (κ2) is 10.5. The van der Waals surface area contributed by atoms with Crippen molar-refractivity contribution in [2.45, 2.75) is 59.5 Å². The van der Waals surface area contributed by atoms with Crippen molar-refractivity contribution in [2.75, 3.05) is 31.9 Å². The molecule has 0 spiro atoms. The molecule has 0 amide bonds. The van der Waals surface area contributed by atoms with Gasteiger partial charge in [-0.25, -0.2) is 13.1 Å². The molecule has 0 aliphatic heterocycles. The van der Waals surface area contributed by atoms with Crippen LogP contribution < -0.4 is 10.0 Å². The maximum absolute atomic E-state index is 11.9. The summed E-state index contributed by atoms with van der Waals surface area (Å²) in [5.74, 6) is 0.144. The van der Waals surface area contributed by atoms with Crippen molar-refractivity contribution in [1.29, 1.82) is 0 Å². The fraction of sp³-hybridized carbons (Fsp3) is 1.00. The molecule has 122 valence electrons. The summed E-state index contributed by atoms with van der Waals surface area (Å²) in [6.07, 6.45) is 1.91. The van der Waals surface area contributed by atoms with Gasteiger partial charge in [-0.1, -0.05) is 27.7 Å². The molecule has 0 saturated heterocycles. The van der Waals surface area contributed by atoms with E-state index in [9.17, 15) is 8.42 Å². The molecule has 0 bridgehead atoms. The Labute approximate surface area is 125 Å². The molecular formula is C14H33N3O2S. The summed E-state index contributed by atoms with van der Waals surface area (Å²) in [6, 6.07) is 0.325. The number of nitrogens with zero attached hydrogens (tertiary/aromatic N) is 1. The van der Waals surface area contributed by atoms with E-state index in [4.69, 9.17) is 0 Å². The van der Waals surface area contributed by atoms with Gasteiger partial charge in [-0.2, -0.15) is 0 Å². The van der Waals surface area contributed by atoms with Gasteiger partial charge in [-0.15, -0.1) is 0 Å². The second-order valence-corrected chi connectivity index (χ2v) is 7.49. The Balaban J connectivity index is 3.91. The average molecular weight is 308 g/mol. The molecule has 0 rings (SSSR count). The molecule has 0 aliphatic rings. The summed E-state index contributed by atoms with van der Waals surface area (Å²) in [5.41, 5.74) is 0. The van der Waals surface area contributed by atoms with Crippen molar-refractivity contribution in [3.8, 4) is 0 Å². The second-order valence-electron chi connectivity index (χ2n) is 5.62. The number of hydrogen-bond donors (Lipinski definition) is 2. The van der Waals surface area contributed by atoms with Crippen LogP contribution in [0.4, 0.5) is 0 Å². The molecule has 1 unspecified atom stereocenters. The molecule has 20 heavy (non-hydrogen) atoms. The van der Waals surface area contributed by atoms with Gasteiger partial charge in [0.05, 0.1) is 5.75 Å². The predicted molar refractivity (Wildman–Crippen MR) is 86.5 cm³/mol. The molecule has 1 atom stereocenters. The Morgan fingerprint density at radius 1 is 1.10 bits per heavy atom. The Morgan fingerprint density at radius 2 is 1.70 bits per heavy atom. The lowest BCUT2D eigenvalue weighted by Crippen LogP contribution is -2.38. The van der Waals surface area contributed by atoms with Crippen LogP contribution in [-0.2, 0) is 10.0 Å². The van der Waals surface area contributed by atoms with Crippen LogP contribution in [-0.4, -0.2) is 57.3 Å². The lowest BCUT2D eigenvalue weighted by molar-refractivity contribution is 0.293. The fourth-order valence-corrected chi connectivity index (χ4v) is 3.30. The third-order valence-corrected chi connectivity index (χ3v) is 4.81. The van der Waals surface area contributed by atoms with Crippen LogP contribution in [0.5, 0.6) is 0 Å². The van der Waals surface area contributed by atoms with E-state index in [0.29, 0.717) is 12.6 Å². The van der Waals surface area contributed by atoms with Crippen molar-refractivity contribution in [3.05, 3.63) is 0 Å². The third kappa shape index (κ3) is 10.6. The molecule has 0 aromatic carbocycles. The van der Waals surface area contributed by atoms with Crippen molar-refractivity contribution in [1.82, 2.24) is 14.9 Å². The average Bonchev–Trinajstić information content (AvgIpc) is 2.33. The maximum atomic E-state index is 11.9. The van der Waals surface area contributed by atoms with Gasteiger partial charge < -0.3 is 10.2 Å². The summed E-state index contributed by atoms with van der Waals surface area (Å²) >= 11 is 0. The molecule has 0 aromatic heterocycles. The summed E-state index contributed by atoms with van der Waals surface area (Å²) < 4.78 is 26.5. The molecule has 2 N–H and O–H groups in total. The highest BCUT2D eigenvalue weighted by Gasteiger charge is 2.14. The van der Waals surface area contributed by atoms with E-state index in [-0.39, 0.29) is 11.8 Å². The lowest BCUT2D eigenvalue weighted by Gasteiger charge is -2.20. The smallest absolute Gasteiger partial charge is 0.213 e. The first-order valence-electron chi connectivity index (χ1n) is 7.76. The van der Waals surface area contributed by atoms with Crippen molar-refractivity contribution in [3.63, 3.8) is 0 Å². The van der Waals surface area contributed by atoms with E-state index in [2.05, 4.69) is 28.8 Å². The Morgan fingerprint density at radius 3 is 2.20 bits per heavy atom. The molecular weight excluding hydrogens is 274 g/mol. The largest absolute Gasteiger partial charge is 0.313 e. The highest BCUT2D eigenvalue weighted by molar-refractivity contribution is 7.89. The van der Waals surface area contributed by atoms with E-state index < -0.39 is 10.0 Å². The summed E-state index contributed by atoms with van der Waals surface area (Å²) in [6.45, 7) is 13.9. The van der Waals surface area contributed by atoms with E-state index in [1.54, 1.807) is 0 Å². The van der Waals surface area contributed by atoms with Gasteiger partial charge in [0, 0.05) is 18.6 Å². The molecule has 0 fully saturated rings. The van der Waals surface area contributed by atoms with Crippen LogP contribution in [0.2, 0.25) is 0 Å². The molecule has 6 heteroatoms. The quantitative estimate of drug-likeness (QED) is 0.572. The van der Waals surface area contributed by atoms with E-state index in [1.165, 1.54) is 0 Å². The van der Waals surface area contributed by atoms with Crippen LogP contribution in [0.15, 0.2) is 0 Å². The SMILES string of the molecule is CCN(CC)CCCC(C)NS(=O)(=O)CCNC(C)C.